The van der Waals surface area contributed by atoms with Gasteiger partial charge in [-0.25, -0.2) is 0 Å². The summed E-state index contributed by atoms with van der Waals surface area (Å²) in [4.78, 5) is 11.0. The zero-order chi connectivity index (χ0) is 13.2. The zero-order valence-electron chi connectivity index (χ0n) is 10.8. The molecule has 1 N–H and O–H groups in total. The third-order valence-corrected chi connectivity index (χ3v) is 2.76. The van der Waals surface area contributed by atoms with E-state index in [2.05, 4.69) is 5.32 Å². The number of ketones is 1. The molecule has 0 radical (unpaired) electrons. The topological polar surface area (TPSA) is 47.6 Å². The molecule has 0 aliphatic carbocycles. The van der Waals surface area contributed by atoms with Crippen molar-refractivity contribution in [1.29, 1.82) is 0 Å². The van der Waals surface area contributed by atoms with Crippen LogP contribution in [0.25, 0.3) is 0 Å². The molecule has 1 aromatic carbocycles. The van der Waals surface area contributed by atoms with E-state index < -0.39 is 5.54 Å². The first-order valence-corrected chi connectivity index (χ1v) is 5.88. The maximum Gasteiger partial charge on any atom is 0.169 e. The van der Waals surface area contributed by atoms with Gasteiger partial charge in [0.25, 0.3) is 0 Å². The number of carbonyl (C=O) groups excluding carboxylic acids is 1. The number of rotatable bonds is 4. The average Bonchev–Trinajstić information content (AvgIpc) is 2.36. The number of para-hydroxylation sites is 2. The number of ether oxygens (including phenoxy) is 2. The molecular weight excluding hydrogens is 230 g/mol. The monoisotopic (exact) mass is 247 g/mol. The van der Waals surface area contributed by atoms with Crippen LogP contribution in [0.1, 0.15) is 20.8 Å². The van der Waals surface area contributed by atoms with E-state index >= 15 is 0 Å². The van der Waals surface area contributed by atoms with E-state index in [0.717, 1.165) is 0 Å². The van der Waals surface area contributed by atoms with Crippen molar-refractivity contribution < 1.29 is 14.3 Å². The molecule has 0 amide bonds. The van der Waals surface area contributed by atoms with Gasteiger partial charge in [0.05, 0.1) is 12.1 Å². The lowest BCUT2D eigenvalue weighted by atomic mass is 10.0. The second-order valence-corrected chi connectivity index (χ2v) is 4.83. The third kappa shape index (κ3) is 2.71. The molecular formula is C14H17NO3. The summed E-state index contributed by atoms with van der Waals surface area (Å²) >= 11 is 0. The highest BCUT2D eigenvalue weighted by Crippen LogP contribution is 2.34. The second kappa shape index (κ2) is 4.82. The molecule has 1 aliphatic heterocycles. The predicted octanol–water partition coefficient (Wildman–Crippen LogP) is 2.26. The van der Waals surface area contributed by atoms with E-state index in [1.165, 1.54) is 0 Å². The quantitative estimate of drug-likeness (QED) is 0.886. The van der Waals surface area contributed by atoms with Gasteiger partial charge in [0, 0.05) is 0 Å². The predicted molar refractivity (Wildman–Crippen MR) is 68.5 cm³/mol. The molecule has 0 saturated carbocycles. The van der Waals surface area contributed by atoms with Crippen molar-refractivity contribution in [1.82, 2.24) is 5.32 Å². The van der Waals surface area contributed by atoms with E-state index in [9.17, 15) is 4.79 Å². The van der Waals surface area contributed by atoms with E-state index in [4.69, 9.17) is 9.47 Å². The molecule has 2 rings (SSSR count). The van der Waals surface area contributed by atoms with Gasteiger partial charge in [-0.1, -0.05) is 12.1 Å². The molecule has 0 aromatic heterocycles. The van der Waals surface area contributed by atoms with Crippen LogP contribution in [-0.2, 0) is 4.79 Å². The Morgan fingerprint density at radius 1 is 1.28 bits per heavy atom. The van der Waals surface area contributed by atoms with E-state index in [-0.39, 0.29) is 5.78 Å². The van der Waals surface area contributed by atoms with Crippen molar-refractivity contribution in [3.05, 3.63) is 36.3 Å². The highest BCUT2D eigenvalue weighted by atomic mass is 16.6. The molecule has 1 heterocycles. The smallest absolute Gasteiger partial charge is 0.169 e. The summed E-state index contributed by atoms with van der Waals surface area (Å²) in [6.07, 6.45) is 1.58. The van der Waals surface area contributed by atoms with Crippen LogP contribution in [0.4, 0.5) is 0 Å². The minimum atomic E-state index is -0.459. The standard InChI is InChI=1S/C14H17NO3/c1-10(16)8-15-14(2,3)13-9-17-11-6-4-5-7-12(11)18-13/h4-7,9,15H,8H2,1-3H3. The lowest BCUT2D eigenvalue weighted by molar-refractivity contribution is -0.116. The average molecular weight is 247 g/mol. The van der Waals surface area contributed by atoms with E-state index in [1.807, 2.05) is 38.1 Å². The number of hydrogen-bond acceptors (Lipinski definition) is 4. The third-order valence-electron chi connectivity index (χ3n) is 2.76. The lowest BCUT2D eigenvalue weighted by Gasteiger charge is -2.30. The Kier molecular flexibility index (Phi) is 3.39. The molecule has 0 fully saturated rings. The van der Waals surface area contributed by atoms with Crippen molar-refractivity contribution >= 4 is 5.78 Å². The Hall–Kier alpha value is -1.81. The van der Waals surface area contributed by atoms with Crippen LogP contribution in [0, 0.1) is 0 Å². The molecule has 0 atom stereocenters. The Balaban J connectivity index is 2.11. The maximum atomic E-state index is 11.0. The van der Waals surface area contributed by atoms with Crippen molar-refractivity contribution in [3.63, 3.8) is 0 Å². The first-order valence-electron chi connectivity index (χ1n) is 5.88. The van der Waals surface area contributed by atoms with Crippen LogP contribution in [0.15, 0.2) is 36.3 Å². The van der Waals surface area contributed by atoms with Gasteiger partial charge < -0.3 is 9.47 Å². The molecule has 0 unspecified atom stereocenters. The number of fused-ring (bicyclic) bond motifs is 1. The fourth-order valence-electron chi connectivity index (χ4n) is 1.60. The Labute approximate surface area is 107 Å². The van der Waals surface area contributed by atoms with Crippen LogP contribution < -0.4 is 14.8 Å². The van der Waals surface area contributed by atoms with E-state index in [0.29, 0.717) is 23.8 Å². The Morgan fingerprint density at radius 3 is 2.61 bits per heavy atom. The van der Waals surface area contributed by atoms with Gasteiger partial charge in [0.2, 0.25) is 0 Å². The summed E-state index contributed by atoms with van der Waals surface area (Å²) in [5.74, 6) is 2.12. The maximum absolute atomic E-state index is 11.0. The fraction of sp³-hybridized carbons (Fsp3) is 0.357. The van der Waals surface area contributed by atoms with Crippen LogP contribution in [0.2, 0.25) is 0 Å². The fourth-order valence-corrected chi connectivity index (χ4v) is 1.60. The van der Waals surface area contributed by atoms with Gasteiger partial charge in [-0.3, -0.25) is 10.1 Å². The van der Waals surface area contributed by atoms with E-state index in [1.54, 1.807) is 13.2 Å². The number of nitrogens with one attached hydrogen (secondary N) is 1. The van der Waals surface area contributed by atoms with Gasteiger partial charge in [0.1, 0.15) is 12.0 Å². The number of carbonyl (C=O) groups is 1. The van der Waals surface area contributed by atoms with Crippen molar-refractivity contribution in [2.75, 3.05) is 6.54 Å². The summed E-state index contributed by atoms with van der Waals surface area (Å²) in [7, 11) is 0. The van der Waals surface area contributed by atoms with Crippen molar-refractivity contribution in [2.24, 2.45) is 0 Å². The first-order chi connectivity index (χ1) is 8.49. The van der Waals surface area contributed by atoms with Crippen molar-refractivity contribution in [2.45, 2.75) is 26.3 Å². The molecule has 0 bridgehead atoms. The number of Topliss-reactive ketones (excluding diaryl/α,β-unsaturated/α-hetero) is 1. The highest BCUT2D eigenvalue weighted by Gasteiger charge is 2.29. The lowest BCUT2D eigenvalue weighted by Crippen LogP contribution is -2.45. The van der Waals surface area contributed by atoms with Crippen molar-refractivity contribution in [3.8, 4) is 11.5 Å². The summed E-state index contributed by atoms with van der Waals surface area (Å²) in [5, 5.41) is 3.14. The molecule has 1 aromatic rings. The van der Waals surface area contributed by atoms with Gasteiger partial charge in [-0.05, 0) is 32.9 Å². The summed E-state index contributed by atoms with van der Waals surface area (Å²) in [5.41, 5.74) is -0.459. The highest BCUT2D eigenvalue weighted by molar-refractivity contribution is 5.77. The van der Waals surface area contributed by atoms with Gasteiger partial charge in [0.15, 0.2) is 17.3 Å². The van der Waals surface area contributed by atoms with Crippen LogP contribution in [-0.4, -0.2) is 17.9 Å². The van der Waals surface area contributed by atoms with Crippen LogP contribution in [0.5, 0.6) is 11.5 Å². The number of benzene rings is 1. The van der Waals surface area contributed by atoms with Crippen LogP contribution >= 0.6 is 0 Å². The second-order valence-electron chi connectivity index (χ2n) is 4.83. The Morgan fingerprint density at radius 2 is 1.94 bits per heavy atom. The normalized spacial score (nSPS) is 14.1. The minimum Gasteiger partial charge on any atom is -0.457 e. The zero-order valence-corrected chi connectivity index (χ0v) is 10.8. The minimum absolute atomic E-state index is 0.0841. The molecule has 18 heavy (non-hydrogen) atoms. The van der Waals surface area contributed by atoms with Gasteiger partial charge in [-0.2, -0.15) is 0 Å². The summed E-state index contributed by atoms with van der Waals surface area (Å²) < 4.78 is 11.3. The van der Waals surface area contributed by atoms with Crippen LogP contribution in [0.3, 0.4) is 0 Å². The Bertz CT molecular complexity index is 492. The number of hydrogen-bond donors (Lipinski definition) is 1. The molecule has 4 heteroatoms. The van der Waals surface area contributed by atoms with Gasteiger partial charge in [-0.15, -0.1) is 0 Å². The first kappa shape index (κ1) is 12.6. The SMILES string of the molecule is CC(=O)CNC(C)(C)C1=COc2ccccc2O1. The molecule has 0 spiro atoms. The molecule has 96 valence electrons. The summed E-state index contributed by atoms with van der Waals surface area (Å²) in [6.45, 7) is 5.73. The summed E-state index contributed by atoms with van der Waals surface area (Å²) in [6, 6.07) is 7.48. The largest absolute Gasteiger partial charge is 0.457 e. The molecule has 0 saturated heterocycles. The van der Waals surface area contributed by atoms with Gasteiger partial charge >= 0.3 is 0 Å². The molecule has 4 nitrogen and oxygen atoms in total. The molecule has 1 aliphatic rings.